The minimum absolute atomic E-state index is 0.0465. The number of benzene rings is 2. The van der Waals surface area contributed by atoms with Crippen molar-refractivity contribution in [2.75, 3.05) is 0 Å². The van der Waals surface area contributed by atoms with Gasteiger partial charge in [0.15, 0.2) is 0 Å². The highest BCUT2D eigenvalue weighted by Crippen LogP contribution is 2.26. The molecule has 0 fully saturated rings. The Morgan fingerprint density at radius 1 is 1.20 bits per heavy atom. The first kappa shape index (κ1) is 14.5. The van der Waals surface area contributed by atoms with Gasteiger partial charge in [0.25, 0.3) is 5.69 Å². The zero-order valence-electron chi connectivity index (χ0n) is 11.0. The maximum atomic E-state index is 11.0. The molecule has 2 aromatic carbocycles. The van der Waals surface area contributed by atoms with Gasteiger partial charge in [-0.3, -0.25) is 10.1 Å². The highest BCUT2D eigenvalue weighted by atomic mass is 35.5. The van der Waals surface area contributed by atoms with E-state index in [1.54, 1.807) is 12.1 Å². The van der Waals surface area contributed by atoms with Crippen molar-refractivity contribution in [1.29, 1.82) is 0 Å². The van der Waals surface area contributed by atoms with Gasteiger partial charge in [-0.25, -0.2) is 0 Å². The van der Waals surface area contributed by atoms with Gasteiger partial charge in [0, 0.05) is 18.7 Å². The quantitative estimate of drug-likeness (QED) is 0.666. The van der Waals surface area contributed by atoms with Crippen molar-refractivity contribution in [2.24, 2.45) is 0 Å². The zero-order chi connectivity index (χ0) is 14.5. The number of hydrogen-bond acceptors (Lipinski definition) is 3. The lowest BCUT2D eigenvalue weighted by atomic mass is 10.1. The lowest BCUT2D eigenvalue weighted by Crippen LogP contribution is -2.19. The molecule has 0 saturated heterocycles. The summed E-state index contributed by atoms with van der Waals surface area (Å²) < 4.78 is 0. The lowest BCUT2D eigenvalue weighted by molar-refractivity contribution is -0.385. The molecular weight excluding hydrogens is 276 g/mol. The van der Waals surface area contributed by atoms with E-state index in [1.165, 1.54) is 6.07 Å². The number of nitrogens with one attached hydrogen (secondary N) is 1. The van der Waals surface area contributed by atoms with E-state index in [0.717, 1.165) is 5.56 Å². The van der Waals surface area contributed by atoms with Crippen LogP contribution in [0.1, 0.15) is 24.1 Å². The van der Waals surface area contributed by atoms with Gasteiger partial charge in [0.1, 0.15) is 0 Å². The van der Waals surface area contributed by atoms with Crippen LogP contribution in [0, 0.1) is 10.1 Å². The van der Waals surface area contributed by atoms with E-state index in [-0.39, 0.29) is 11.7 Å². The van der Waals surface area contributed by atoms with E-state index >= 15 is 0 Å². The average Bonchev–Trinajstić information content (AvgIpc) is 2.46. The average molecular weight is 291 g/mol. The zero-order valence-corrected chi connectivity index (χ0v) is 11.8. The number of halogens is 1. The molecule has 2 rings (SSSR count). The molecule has 104 valence electrons. The Hall–Kier alpha value is -1.91. The molecule has 0 aliphatic carbocycles. The maximum absolute atomic E-state index is 11.0. The van der Waals surface area contributed by atoms with Crippen LogP contribution in [0.15, 0.2) is 48.5 Å². The van der Waals surface area contributed by atoms with E-state index < -0.39 is 4.92 Å². The molecular formula is C15H15ClN2O2. The number of hydrogen-bond donors (Lipinski definition) is 1. The summed E-state index contributed by atoms with van der Waals surface area (Å²) in [6, 6.07) is 14.7. The molecule has 0 spiro atoms. The molecule has 0 amide bonds. The van der Waals surface area contributed by atoms with Crippen molar-refractivity contribution in [3.8, 4) is 0 Å². The predicted molar refractivity (Wildman–Crippen MR) is 79.8 cm³/mol. The maximum Gasteiger partial charge on any atom is 0.275 e. The molecule has 5 heteroatoms. The first-order valence-electron chi connectivity index (χ1n) is 6.29. The molecule has 0 aromatic heterocycles. The fourth-order valence-corrected chi connectivity index (χ4v) is 2.24. The molecule has 1 N–H and O–H groups in total. The smallest absolute Gasteiger partial charge is 0.275 e. The summed E-state index contributed by atoms with van der Waals surface area (Å²) >= 11 is 6.06. The molecule has 4 nitrogen and oxygen atoms in total. The first-order chi connectivity index (χ1) is 9.59. The molecule has 0 radical (unpaired) electrons. The van der Waals surface area contributed by atoms with E-state index in [4.69, 9.17) is 11.6 Å². The molecule has 0 bridgehead atoms. The van der Waals surface area contributed by atoms with Gasteiger partial charge in [-0.1, -0.05) is 48.0 Å². The van der Waals surface area contributed by atoms with Crippen LogP contribution in [-0.4, -0.2) is 4.92 Å². The van der Waals surface area contributed by atoms with Gasteiger partial charge in [0.05, 0.1) is 15.5 Å². The van der Waals surface area contributed by atoms with Gasteiger partial charge in [-0.2, -0.15) is 0 Å². The van der Waals surface area contributed by atoms with Crippen molar-refractivity contribution in [3.63, 3.8) is 0 Å². The first-order valence-corrected chi connectivity index (χ1v) is 6.67. The van der Waals surface area contributed by atoms with Crippen LogP contribution in [-0.2, 0) is 6.54 Å². The van der Waals surface area contributed by atoms with Crippen LogP contribution in [0.2, 0.25) is 5.02 Å². The minimum Gasteiger partial charge on any atom is -0.306 e. The van der Waals surface area contributed by atoms with E-state index in [0.29, 0.717) is 17.1 Å². The molecule has 2 aromatic rings. The largest absolute Gasteiger partial charge is 0.306 e. The molecule has 0 aliphatic heterocycles. The summed E-state index contributed by atoms with van der Waals surface area (Å²) in [5.74, 6) is 0. The molecule has 1 atom stereocenters. The van der Waals surface area contributed by atoms with Crippen LogP contribution >= 0.6 is 11.6 Å². The number of nitro groups is 1. The van der Waals surface area contributed by atoms with E-state index in [1.807, 2.05) is 37.3 Å². The van der Waals surface area contributed by atoms with Gasteiger partial charge < -0.3 is 5.32 Å². The fourth-order valence-electron chi connectivity index (χ4n) is 2.01. The summed E-state index contributed by atoms with van der Waals surface area (Å²) in [5.41, 5.74) is 1.69. The molecule has 0 unspecified atom stereocenters. The number of nitro benzene ring substituents is 1. The Morgan fingerprint density at radius 3 is 2.55 bits per heavy atom. The van der Waals surface area contributed by atoms with Crippen LogP contribution in [0.5, 0.6) is 0 Å². The fraction of sp³-hybridized carbons (Fsp3) is 0.200. The van der Waals surface area contributed by atoms with Crippen molar-refractivity contribution in [2.45, 2.75) is 19.5 Å². The normalized spacial score (nSPS) is 12.1. The molecule has 0 saturated carbocycles. The Balaban J connectivity index is 2.13. The van der Waals surface area contributed by atoms with Crippen molar-refractivity contribution >= 4 is 17.3 Å². The Bertz CT molecular complexity index is 602. The summed E-state index contributed by atoms with van der Waals surface area (Å²) in [6.45, 7) is 2.37. The number of nitrogens with zero attached hydrogens (tertiary/aromatic N) is 1. The Labute approximate surface area is 122 Å². The third-order valence-electron chi connectivity index (χ3n) is 3.18. The van der Waals surface area contributed by atoms with E-state index in [2.05, 4.69) is 5.32 Å². The minimum atomic E-state index is -0.407. The van der Waals surface area contributed by atoms with Crippen LogP contribution in [0.25, 0.3) is 0 Å². The summed E-state index contributed by atoms with van der Waals surface area (Å²) in [4.78, 5) is 10.6. The van der Waals surface area contributed by atoms with Crippen molar-refractivity contribution in [3.05, 3.63) is 74.8 Å². The van der Waals surface area contributed by atoms with Gasteiger partial charge in [-0.15, -0.1) is 0 Å². The van der Waals surface area contributed by atoms with Crippen molar-refractivity contribution < 1.29 is 4.92 Å². The lowest BCUT2D eigenvalue weighted by Gasteiger charge is -2.15. The highest BCUT2D eigenvalue weighted by Gasteiger charge is 2.17. The second kappa shape index (κ2) is 6.50. The van der Waals surface area contributed by atoms with Crippen molar-refractivity contribution in [1.82, 2.24) is 5.32 Å². The summed E-state index contributed by atoms with van der Waals surface area (Å²) in [7, 11) is 0. The second-order valence-corrected chi connectivity index (χ2v) is 4.92. The molecule has 0 aliphatic rings. The van der Waals surface area contributed by atoms with Gasteiger partial charge >= 0.3 is 0 Å². The predicted octanol–water partition coefficient (Wildman–Crippen LogP) is 4.10. The van der Waals surface area contributed by atoms with Crippen LogP contribution in [0.3, 0.4) is 0 Å². The SMILES string of the molecule is C[C@H](NCc1c(Cl)cccc1[N+](=O)[O-])c1ccccc1. The third kappa shape index (κ3) is 3.35. The van der Waals surface area contributed by atoms with Gasteiger partial charge in [0.2, 0.25) is 0 Å². The highest BCUT2D eigenvalue weighted by molar-refractivity contribution is 6.31. The second-order valence-electron chi connectivity index (χ2n) is 4.51. The number of rotatable bonds is 5. The standard InChI is InChI=1S/C15H15ClN2O2/c1-11(12-6-3-2-4-7-12)17-10-13-14(16)8-5-9-15(13)18(19)20/h2-9,11,17H,10H2,1H3/t11-/m0/s1. The van der Waals surface area contributed by atoms with Crippen LogP contribution < -0.4 is 5.32 Å². The molecule has 20 heavy (non-hydrogen) atoms. The van der Waals surface area contributed by atoms with Gasteiger partial charge in [-0.05, 0) is 18.6 Å². The van der Waals surface area contributed by atoms with Crippen LogP contribution in [0.4, 0.5) is 5.69 Å². The third-order valence-corrected chi connectivity index (χ3v) is 3.53. The monoisotopic (exact) mass is 290 g/mol. The van der Waals surface area contributed by atoms with E-state index in [9.17, 15) is 10.1 Å². The summed E-state index contributed by atoms with van der Waals surface area (Å²) in [6.07, 6.45) is 0. The molecule has 0 heterocycles. The Kier molecular flexibility index (Phi) is 4.71. The topological polar surface area (TPSA) is 55.2 Å². The summed E-state index contributed by atoms with van der Waals surface area (Å²) in [5, 5.41) is 14.7. The Morgan fingerprint density at radius 2 is 1.90 bits per heavy atom.